The molecule has 0 aromatic rings. The number of likely N-dealkylation sites (N-methyl/N-ethyl adjacent to an activating group) is 1. The van der Waals surface area contributed by atoms with Crippen LogP contribution in [0.15, 0.2) is 0 Å². The van der Waals surface area contributed by atoms with E-state index in [-0.39, 0.29) is 19.4 Å². The van der Waals surface area contributed by atoms with Gasteiger partial charge in [-0.25, -0.2) is 0 Å². The van der Waals surface area contributed by atoms with Crippen LogP contribution in [0.25, 0.3) is 0 Å². The van der Waals surface area contributed by atoms with Gasteiger partial charge in [0.25, 0.3) is 0 Å². The maximum Gasteiger partial charge on any atom is 0.178 e. The third-order valence-corrected chi connectivity index (χ3v) is 2.74. The van der Waals surface area contributed by atoms with Gasteiger partial charge in [0.15, 0.2) is 5.78 Å². The molecule has 0 radical (unpaired) electrons. The Morgan fingerprint density at radius 1 is 1.33 bits per heavy atom. The minimum Gasteiger partial charge on any atom is -0.390 e. The third-order valence-electron chi connectivity index (χ3n) is 2.74. The van der Waals surface area contributed by atoms with Crippen LogP contribution in [0.1, 0.15) is 12.8 Å². The molecule has 0 aliphatic heterocycles. The highest BCUT2D eigenvalue weighted by molar-refractivity contribution is 5.89. The van der Waals surface area contributed by atoms with Crippen molar-refractivity contribution in [2.24, 2.45) is 0 Å². The first kappa shape index (κ1) is 12.5. The Kier molecular flexibility index (Phi) is 3.80. The van der Waals surface area contributed by atoms with Crippen molar-refractivity contribution in [3.8, 4) is 0 Å². The van der Waals surface area contributed by atoms with E-state index in [4.69, 9.17) is 0 Å². The molecule has 88 valence electrons. The quantitative estimate of drug-likeness (QED) is 0.355. The Bertz CT molecular complexity index is 233. The van der Waals surface area contributed by atoms with Crippen molar-refractivity contribution in [2.45, 2.75) is 36.8 Å². The topological polar surface area (TPSA) is 110 Å². The zero-order valence-electron chi connectivity index (χ0n) is 8.55. The lowest BCUT2D eigenvalue weighted by Crippen LogP contribution is -2.57. The van der Waals surface area contributed by atoms with Crippen molar-refractivity contribution < 1.29 is 25.2 Å². The van der Waals surface area contributed by atoms with Gasteiger partial charge in [-0.2, -0.15) is 0 Å². The smallest absolute Gasteiger partial charge is 0.178 e. The summed E-state index contributed by atoms with van der Waals surface area (Å²) in [5.41, 5.74) is -1.75. The van der Waals surface area contributed by atoms with Crippen LogP contribution in [0.3, 0.4) is 0 Å². The fourth-order valence-corrected chi connectivity index (χ4v) is 1.83. The molecular formula is C9H17NO5. The summed E-state index contributed by atoms with van der Waals surface area (Å²) in [6.07, 6.45) is -4.34. The molecule has 0 saturated heterocycles. The summed E-state index contributed by atoms with van der Waals surface area (Å²) in [5, 5.41) is 40.5. The molecule has 1 rings (SSSR count). The van der Waals surface area contributed by atoms with Crippen LogP contribution in [0.4, 0.5) is 0 Å². The Hall–Kier alpha value is -0.530. The maximum atomic E-state index is 11.5. The van der Waals surface area contributed by atoms with Crippen molar-refractivity contribution in [2.75, 3.05) is 13.6 Å². The number of nitrogens with one attached hydrogen (secondary N) is 1. The van der Waals surface area contributed by atoms with Crippen LogP contribution in [0, 0.1) is 0 Å². The number of rotatable bonds is 3. The van der Waals surface area contributed by atoms with Gasteiger partial charge in [0.05, 0.1) is 18.8 Å². The first-order valence-electron chi connectivity index (χ1n) is 4.85. The van der Waals surface area contributed by atoms with Gasteiger partial charge in [-0.05, 0) is 7.05 Å². The molecule has 0 amide bonds. The Morgan fingerprint density at radius 3 is 2.20 bits per heavy atom. The second kappa shape index (κ2) is 4.54. The predicted octanol–water partition coefficient (Wildman–Crippen LogP) is -2.62. The molecule has 0 bridgehead atoms. The number of hydrogen-bond acceptors (Lipinski definition) is 6. The fraction of sp³-hybridized carbons (Fsp3) is 0.889. The first-order valence-corrected chi connectivity index (χ1v) is 4.85. The summed E-state index contributed by atoms with van der Waals surface area (Å²) in [4.78, 5) is 11.5. The van der Waals surface area contributed by atoms with Crippen LogP contribution in [0.5, 0.6) is 0 Å². The summed E-state index contributed by atoms with van der Waals surface area (Å²) in [6, 6.07) is 0. The van der Waals surface area contributed by atoms with Gasteiger partial charge in [-0.3, -0.25) is 4.79 Å². The number of aliphatic hydroxyl groups is 4. The number of aliphatic hydroxyl groups excluding tert-OH is 3. The molecule has 1 fully saturated rings. The molecule has 15 heavy (non-hydrogen) atoms. The summed E-state index contributed by atoms with van der Waals surface area (Å²) in [6.45, 7) is -0.0357. The monoisotopic (exact) mass is 219 g/mol. The average Bonchev–Trinajstić information content (AvgIpc) is 2.14. The molecule has 0 heterocycles. The standard InChI is InChI=1S/C9H17NO5/c1-10-4-7(13)9(15)2-5(11)8(14)6(12)3-9/h5-6,8,10-12,14-15H,2-4H2,1H3/t5-,6+,8?,9?. The van der Waals surface area contributed by atoms with Crippen molar-refractivity contribution in [1.82, 2.24) is 5.32 Å². The number of Topliss-reactive ketones (excluding diaryl/α,β-unsaturated/α-hetero) is 1. The lowest BCUT2D eigenvalue weighted by atomic mass is 9.77. The highest BCUT2D eigenvalue weighted by Crippen LogP contribution is 2.29. The van der Waals surface area contributed by atoms with Crippen LogP contribution in [-0.4, -0.2) is 63.7 Å². The molecule has 6 heteroatoms. The van der Waals surface area contributed by atoms with E-state index in [9.17, 15) is 25.2 Å². The molecule has 0 aromatic heterocycles. The second-order valence-electron chi connectivity index (χ2n) is 4.02. The van der Waals surface area contributed by atoms with Crippen molar-refractivity contribution in [3.63, 3.8) is 0 Å². The van der Waals surface area contributed by atoms with Crippen LogP contribution in [-0.2, 0) is 4.79 Å². The van der Waals surface area contributed by atoms with E-state index >= 15 is 0 Å². The summed E-state index contributed by atoms with van der Waals surface area (Å²) in [5.74, 6) is -0.491. The second-order valence-corrected chi connectivity index (χ2v) is 4.02. The zero-order valence-corrected chi connectivity index (χ0v) is 8.55. The van der Waals surface area contributed by atoms with Crippen LogP contribution >= 0.6 is 0 Å². The summed E-state index contributed by atoms with van der Waals surface area (Å²) in [7, 11) is 1.56. The van der Waals surface area contributed by atoms with Crippen LogP contribution < -0.4 is 5.32 Å². The van der Waals surface area contributed by atoms with E-state index in [1.165, 1.54) is 0 Å². The molecule has 1 saturated carbocycles. The van der Waals surface area contributed by atoms with Gasteiger partial charge in [0.1, 0.15) is 11.7 Å². The molecule has 2 unspecified atom stereocenters. The molecule has 1 aliphatic carbocycles. The number of ketones is 1. The highest BCUT2D eigenvalue weighted by Gasteiger charge is 2.47. The average molecular weight is 219 g/mol. The van der Waals surface area contributed by atoms with E-state index in [2.05, 4.69) is 5.32 Å². The number of carbonyl (C=O) groups is 1. The molecular weight excluding hydrogens is 202 g/mol. The van der Waals surface area contributed by atoms with Crippen LogP contribution in [0.2, 0.25) is 0 Å². The van der Waals surface area contributed by atoms with E-state index in [1.54, 1.807) is 7.05 Å². The number of hydrogen-bond donors (Lipinski definition) is 5. The van der Waals surface area contributed by atoms with Crippen molar-refractivity contribution in [3.05, 3.63) is 0 Å². The minimum absolute atomic E-state index is 0.0357. The van der Waals surface area contributed by atoms with Gasteiger partial charge in [0, 0.05) is 12.8 Å². The molecule has 1 aliphatic rings. The fourth-order valence-electron chi connectivity index (χ4n) is 1.83. The molecule has 0 aromatic carbocycles. The van der Waals surface area contributed by atoms with Gasteiger partial charge < -0.3 is 25.7 Å². The summed E-state index contributed by atoms with van der Waals surface area (Å²) >= 11 is 0. The molecule has 6 nitrogen and oxygen atoms in total. The van der Waals surface area contributed by atoms with Gasteiger partial charge in [-0.15, -0.1) is 0 Å². The summed E-state index contributed by atoms with van der Waals surface area (Å²) < 4.78 is 0. The van der Waals surface area contributed by atoms with Gasteiger partial charge in [-0.1, -0.05) is 0 Å². The van der Waals surface area contributed by atoms with Crippen molar-refractivity contribution >= 4 is 5.78 Å². The van der Waals surface area contributed by atoms with E-state index in [1.807, 2.05) is 0 Å². The van der Waals surface area contributed by atoms with E-state index < -0.39 is 29.7 Å². The normalized spacial score (nSPS) is 41.5. The third kappa shape index (κ3) is 2.53. The van der Waals surface area contributed by atoms with Gasteiger partial charge >= 0.3 is 0 Å². The zero-order chi connectivity index (χ0) is 11.6. The van der Waals surface area contributed by atoms with Gasteiger partial charge in [0.2, 0.25) is 0 Å². The Balaban J connectivity index is 2.74. The highest BCUT2D eigenvalue weighted by atomic mass is 16.4. The van der Waals surface area contributed by atoms with E-state index in [0.717, 1.165) is 0 Å². The first-order chi connectivity index (χ1) is 6.90. The Labute approximate surface area is 87.5 Å². The molecule has 5 N–H and O–H groups in total. The Morgan fingerprint density at radius 2 is 1.80 bits per heavy atom. The number of carbonyl (C=O) groups excluding carboxylic acids is 1. The lowest BCUT2D eigenvalue weighted by Gasteiger charge is -2.39. The largest absolute Gasteiger partial charge is 0.390 e. The SMILES string of the molecule is CNCC(=O)C1(O)C[C@@H](O)C(O)[C@@H](O)C1. The lowest BCUT2D eigenvalue weighted by molar-refractivity contribution is -0.170. The van der Waals surface area contributed by atoms with E-state index in [0.29, 0.717) is 0 Å². The maximum absolute atomic E-state index is 11.5. The molecule has 4 atom stereocenters. The van der Waals surface area contributed by atoms with Crippen molar-refractivity contribution in [1.29, 1.82) is 0 Å². The predicted molar refractivity (Wildman–Crippen MR) is 51.1 cm³/mol. The minimum atomic E-state index is -1.75. The molecule has 0 spiro atoms.